The Hall–Kier alpha value is -3.35. The number of fused-ring (bicyclic) bond motifs is 1. The number of nitrogens with zero attached hydrogens (tertiary/aromatic N) is 2. The van der Waals surface area contributed by atoms with Crippen LogP contribution < -0.4 is 10.1 Å². The lowest BCUT2D eigenvalue weighted by atomic mass is 9.89. The molecule has 2 heterocycles. The molecular weight excluding hydrogens is 337 g/mol. The summed E-state index contributed by atoms with van der Waals surface area (Å²) in [5, 5.41) is 12.9. The van der Waals surface area contributed by atoms with Crippen LogP contribution in [0.3, 0.4) is 0 Å². The third-order valence-corrected chi connectivity index (χ3v) is 4.46. The molecule has 2 aromatic carbocycles. The van der Waals surface area contributed by atoms with Crippen molar-refractivity contribution in [3.63, 3.8) is 0 Å². The summed E-state index contributed by atoms with van der Waals surface area (Å²) >= 11 is 0. The van der Waals surface area contributed by atoms with Gasteiger partial charge in [-0.05, 0) is 35.9 Å². The first-order valence-corrected chi connectivity index (χ1v) is 8.06. The Morgan fingerprint density at radius 3 is 2.88 bits per heavy atom. The maximum atomic E-state index is 13.6. The molecule has 1 atom stereocenters. The monoisotopic (exact) mass is 353 g/mol. The van der Waals surface area contributed by atoms with E-state index in [9.17, 15) is 14.3 Å². The zero-order chi connectivity index (χ0) is 18.3. The van der Waals surface area contributed by atoms with E-state index in [1.807, 2.05) is 0 Å². The van der Waals surface area contributed by atoms with Crippen LogP contribution >= 0.6 is 0 Å². The van der Waals surface area contributed by atoms with Crippen molar-refractivity contribution >= 4 is 11.7 Å². The number of methoxy groups -OCH3 is 1. The van der Waals surface area contributed by atoms with Crippen LogP contribution in [0.25, 0.3) is 5.69 Å². The number of hydrogen-bond acceptors (Lipinski definition) is 4. The van der Waals surface area contributed by atoms with Crippen LogP contribution in [-0.4, -0.2) is 27.7 Å². The van der Waals surface area contributed by atoms with E-state index >= 15 is 0 Å². The molecule has 6 nitrogen and oxygen atoms in total. The number of nitrogens with one attached hydrogen (secondary N) is 1. The van der Waals surface area contributed by atoms with Crippen LogP contribution in [0.5, 0.6) is 11.5 Å². The van der Waals surface area contributed by atoms with Gasteiger partial charge in [0.15, 0.2) is 11.5 Å². The number of aromatic nitrogens is 2. The lowest BCUT2D eigenvalue weighted by Crippen LogP contribution is -2.24. The number of imidazole rings is 1. The molecule has 0 radical (unpaired) electrons. The molecule has 4 rings (SSSR count). The Morgan fingerprint density at radius 1 is 1.31 bits per heavy atom. The third-order valence-electron chi connectivity index (χ3n) is 4.46. The van der Waals surface area contributed by atoms with Crippen LogP contribution in [0.2, 0.25) is 0 Å². The van der Waals surface area contributed by atoms with Gasteiger partial charge < -0.3 is 15.2 Å². The van der Waals surface area contributed by atoms with Crippen molar-refractivity contribution in [1.82, 2.24) is 9.55 Å². The zero-order valence-corrected chi connectivity index (χ0v) is 13.9. The number of ether oxygens (including phenoxy) is 1. The Labute approximate surface area is 148 Å². The Bertz CT molecular complexity index is 999. The van der Waals surface area contributed by atoms with Gasteiger partial charge >= 0.3 is 0 Å². The number of phenols is 1. The van der Waals surface area contributed by atoms with Gasteiger partial charge in [-0.1, -0.05) is 12.1 Å². The number of phenolic OH excluding ortho intramolecular Hbond substituents is 1. The number of amides is 1. The number of benzene rings is 2. The molecule has 0 saturated carbocycles. The molecule has 132 valence electrons. The predicted molar refractivity (Wildman–Crippen MR) is 93.3 cm³/mol. The van der Waals surface area contributed by atoms with Crippen LogP contribution in [0.15, 0.2) is 48.8 Å². The summed E-state index contributed by atoms with van der Waals surface area (Å²) in [5.74, 6) is 0.0128. The summed E-state index contributed by atoms with van der Waals surface area (Å²) in [6.45, 7) is 0. The van der Waals surface area contributed by atoms with E-state index in [4.69, 9.17) is 4.74 Å². The van der Waals surface area contributed by atoms with E-state index < -0.39 is 0 Å². The summed E-state index contributed by atoms with van der Waals surface area (Å²) < 4.78 is 20.3. The highest BCUT2D eigenvalue weighted by Crippen LogP contribution is 2.39. The number of halogens is 1. The van der Waals surface area contributed by atoms with Gasteiger partial charge in [0.1, 0.15) is 18.0 Å². The molecule has 0 bridgehead atoms. The maximum absolute atomic E-state index is 13.6. The van der Waals surface area contributed by atoms with Crippen molar-refractivity contribution in [3.8, 4) is 17.2 Å². The van der Waals surface area contributed by atoms with Gasteiger partial charge in [0, 0.05) is 12.3 Å². The average Bonchev–Trinajstić information content (AvgIpc) is 3.04. The van der Waals surface area contributed by atoms with Crippen LogP contribution in [0.4, 0.5) is 10.2 Å². The molecule has 0 aliphatic carbocycles. The Kier molecular flexibility index (Phi) is 3.84. The average molecular weight is 353 g/mol. The lowest BCUT2D eigenvalue weighted by molar-refractivity contribution is -0.116. The van der Waals surface area contributed by atoms with Crippen molar-refractivity contribution in [1.29, 1.82) is 0 Å². The fourth-order valence-corrected chi connectivity index (χ4v) is 3.23. The summed E-state index contributed by atoms with van der Waals surface area (Å²) in [4.78, 5) is 16.7. The zero-order valence-electron chi connectivity index (χ0n) is 13.9. The minimum Gasteiger partial charge on any atom is -0.504 e. The summed E-state index contributed by atoms with van der Waals surface area (Å²) in [5.41, 5.74) is 1.99. The van der Waals surface area contributed by atoms with Crippen LogP contribution in [0, 0.1) is 5.82 Å². The number of anilines is 1. The second-order valence-electron chi connectivity index (χ2n) is 6.06. The Morgan fingerprint density at radius 2 is 2.15 bits per heavy atom. The number of carbonyl (C=O) groups is 1. The SMILES string of the molecule is COc1ccc([C@@H]2CC(=O)Nc3c2ncn3-c2cccc(F)c2)cc1O. The van der Waals surface area contributed by atoms with E-state index in [1.165, 1.54) is 19.2 Å². The molecule has 1 aliphatic heterocycles. The van der Waals surface area contributed by atoms with Crippen LogP contribution in [0.1, 0.15) is 23.6 Å². The molecule has 26 heavy (non-hydrogen) atoms. The normalized spacial score (nSPS) is 16.1. The topological polar surface area (TPSA) is 76.4 Å². The summed E-state index contributed by atoms with van der Waals surface area (Å²) in [6, 6.07) is 11.1. The number of carbonyl (C=O) groups excluding carboxylic acids is 1. The van der Waals surface area contributed by atoms with E-state index in [1.54, 1.807) is 41.2 Å². The third kappa shape index (κ3) is 2.67. The largest absolute Gasteiger partial charge is 0.504 e. The number of aromatic hydroxyl groups is 1. The van der Waals surface area contributed by atoms with Gasteiger partial charge in [-0.3, -0.25) is 9.36 Å². The van der Waals surface area contributed by atoms with Gasteiger partial charge in [0.2, 0.25) is 5.91 Å². The van der Waals surface area contributed by atoms with Crippen molar-refractivity contribution < 1.29 is 19.0 Å². The second-order valence-corrected chi connectivity index (χ2v) is 6.06. The molecule has 0 unspecified atom stereocenters. The molecule has 0 fully saturated rings. The molecule has 3 aromatic rings. The fourth-order valence-electron chi connectivity index (χ4n) is 3.23. The van der Waals surface area contributed by atoms with Gasteiger partial charge in [-0.15, -0.1) is 0 Å². The smallest absolute Gasteiger partial charge is 0.226 e. The first-order valence-electron chi connectivity index (χ1n) is 8.06. The quantitative estimate of drug-likeness (QED) is 0.758. The fraction of sp³-hybridized carbons (Fsp3) is 0.158. The summed E-state index contributed by atoms with van der Waals surface area (Å²) in [7, 11) is 1.47. The van der Waals surface area contributed by atoms with Crippen molar-refractivity contribution in [2.75, 3.05) is 12.4 Å². The molecule has 7 heteroatoms. The lowest BCUT2D eigenvalue weighted by Gasteiger charge is -2.23. The molecule has 0 saturated heterocycles. The number of rotatable bonds is 3. The highest BCUT2D eigenvalue weighted by atomic mass is 19.1. The van der Waals surface area contributed by atoms with Gasteiger partial charge in [-0.2, -0.15) is 0 Å². The highest BCUT2D eigenvalue weighted by Gasteiger charge is 2.31. The second kappa shape index (κ2) is 6.18. The van der Waals surface area contributed by atoms with Crippen LogP contribution in [-0.2, 0) is 4.79 Å². The van der Waals surface area contributed by atoms with Gasteiger partial charge in [-0.25, -0.2) is 9.37 Å². The molecule has 1 aliphatic rings. The summed E-state index contributed by atoms with van der Waals surface area (Å²) in [6.07, 6.45) is 1.76. The van der Waals surface area contributed by atoms with Crippen molar-refractivity contribution in [2.24, 2.45) is 0 Å². The van der Waals surface area contributed by atoms with Crippen molar-refractivity contribution in [3.05, 3.63) is 65.9 Å². The highest BCUT2D eigenvalue weighted by molar-refractivity contribution is 5.94. The van der Waals surface area contributed by atoms with Crippen molar-refractivity contribution in [2.45, 2.75) is 12.3 Å². The minimum atomic E-state index is -0.372. The maximum Gasteiger partial charge on any atom is 0.226 e. The van der Waals surface area contributed by atoms with Gasteiger partial charge in [0.25, 0.3) is 0 Å². The molecule has 2 N–H and O–H groups in total. The molecule has 1 amide bonds. The van der Waals surface area contributed by atoms with E-state index in [-0.39, 0.29) is 29.8 Å². The minimum absolute atomic E-state index is 0.00194. The first-order chi connectivity index (χ1) is 12.6. The number of hydrogen-bond donors (Lipinski definition) is 2. The first kappa shape index (κ1) is 16.1. The Balaban J connectivity index is 1.80. The predicted octanol–water partition coefficient (Wildman–Crippen LogP) is 3.20. The molecular formula is C19H16FN3O3. The van der Waals surface area contributed by atoms with E-state index in [0.29, 0.717) is 22.9 Å². The van der Waals surface area contributed by atoms with E-state index in [0.717, 1.165) is 5.56 Å². The van der Waals surface area contributed by atoms with E-state index in [2.05, 4.69) is 10.3 Å². The molecule has 0 spiro atoms. The standard InChI is InChI=1S/C19H16FN3O3/c1-26-16-6-5-11(7-15(16)24)14-9-17(25)22-19-18(14)21-10-23(19)13-4-2-3-12(20)8-13/h2-8,10,14,24H,9H2,1H3,(H,22,25)/t14-/m0/s1. The van der Waals surface area contributed by atoms with Gasteiger partial charge in [0.05, 0.1) is 18.5 Å². The molecule has 1 aromatic heterocycles.